The van der Waals surface area contributed by atoms with Crippen molar-refractivity contribution in [2.45, 2.75) is 32.9 Å². The fourth-order valence-electron chi connectivity index (χ4n) is 3.19. The largest absolute Gasteiger partial charge is 0.311 e. The van der Waals surface area contributed by atoms with Gasteiger partial charge >= 0.3 is 0 Å². The molecular formula is C18H25N3. The average molecular weight is 283 g/mol. The molecule has 1 N–H and O–H groups in total. The number of aromatic nitrogens is 1. The molecule has 0 saturated carbocycles. The van der Waals surface area contributed by atoms with E-state index in [1.807, 2.05) is 6.20 Å². The summed E-state index contributed by atoms with van der Waals surface area (Å²) < 4.78 is 0. The van der Waals surface area contributed by atoms with Crippen LogP contribution in [0.4, 0.5) is 0 Å². The minimum absolute atomic E-state index is 0.622. The molecule has 2 heterocycles. The van der Waals surface area contributed by atoms with Crippen LogP contribution in [0, 0.1) is 5.92 Å². The lowest BCUT2D eigenvalue weighted by atomic mass is 9.97. The van der Waals surface area contributed by atoms with Gasteiger partial charge in [0.25, 0.3) is 0 Å². The van der Waals surface area contributed by atoms with Crippen LogP contribution in [0.15, 0.2) is 36.5 Å². The van der Waals surface area contributed by atoms with Gasteiger partial charge in [0.15, 0.2) is 0 Å². The van der Waals surface area contributed by atoms with Crippen LogP contribution >= 0.6 is 0 Å². The first-order valence-corrected chi connectivity index (χ1v) is 8.06. The molecule has 0 amide bonds. The maximum Gasteiger partial charge on any atom is 0.0705 e. The molecule has 0 radical (unpaired) electrons. The van der Waals surface area contributed by atoms with Crippen molar-refractivity contribution < 1.29 is 0 Å². The van der Waals surface area contributed by atoms with Gasteiger partial charge < -0.3 is 5.32 Å². The molecule has 2 atom stereocenters. The van der Waals surface area contributed by atoms with E-state index in [1.165, 1.54) is 17.4 Å². The van der Waals surface area contributed by atoms with Gasteiger partial charge in [0, 0.05) is 43.8 Å². The molecule has 112 valence electrons. The lowest BCUT2D eigenvalue weighted by Crippen LogP contribution is -2.52. The Hall–Kier alpha value is -1.45. The minimum atomic E-state index is 0.622. The molecule has 0 spiro atoms. The number of hydrogen-bond acceptors (Lipinski definition) is 3. The zero-order chi connectivity index (χ0) is 14.7. The molecule has 3 rings (SSSR count). The molecule has 3 heteroatoms. The number of pyridine rings is 1. The first-order valence-electron chi connectivity index (χ1n) is 8.06. The Morgan fingerprint density at radius 1 is 1.33 bits per heavy atom. The van der Waals surface area contributed by atoms with Gasteiger partial charge in [0.2, 0.25) is 0 Å². The second-order valence-electron chi connectivity index (χ2n) is 6.17. The number of para-hydroxylation sites is 1. The van der Waals surface area contributed by atoms with Crippen molar-refractivity contribution in [1.29, 1.82) is 0 Å². The molecule has 3 nitrogen and oxygen atoms in total. The summed E-state index contributed by atoms with van der Waals surface area (Å²) >= 11 is 0. The van der Waals surface area contributed by atoms with E-state index in [0.29, 0.717) is 6.04 Å². The fourth-order valence-corrected chi connectivity index (χ4v) is 3.19. The van der Waals surface area contributed by atoms with Gasteiger partial charge in [-0.3, -0.25) is 9.88 Å². The summed E-state index contributed by atoms with van der Waals surface area (Å²) in [5.74, 6) is 0.738. The van der Waals surface area contributed by atoms with Crippen molar-refractivity contribution in [3.8, 4) is 0 Å². The van der Waals surface area contributed by atoms with Gasteiger partial charge in [-0.2, -0.15) is 0 Å². The van der Waals surface area contributed by atoms with Crippen LogP contribution in [0.25, 0.3) is 10.9 Å². The van der Waals surface area contributed by atoms with Crippen LogP contribution in [-0.4, -0.2) is 35.6 Å². The quantitative estimate of drug-likeness (QED) is 0.935. The van der Waals surface area contributed by atoms with Gasteiger partial charge in [-0.1, -0.05) is 38.5 Å². The van der Waals surface area contributed by atoms with E-state index in [-0.39, 0.29) is 0 Å². The number of nitrogens with zero attached hydrogens (tertiary/aromatic N) is 2. The summed E-state index contributed by atoms with van der Waals surface area (Å²) in [6.07, 6.45) is 3.18. The molecule has 1 aromatic heterocycles. The van der Waals surface area contributed by atoms with Crippen LogP contribution < -0.4 is 5.32 Å². The summed E-state index contributed by atoms with van der Waals surface area (Å²) in [4.78, 5) is 7.04. The predicted octanol–water partition coefficient (Wildman–Crippen LogP) is 3.05. The van der Waals surface area contributed by atoms with Crippen molar-refractivity contribution in [3.63, 3.8) is 0 Å². The highest BCUT2D eigenvalue weighted by molar-refractivity contribution is 5.81. The van der Waals surface area contributed by atoms with Gasteiger partial charge in [0.05, 0.1) is 5.52 Å². The Balaban J connectivity index is 1.76. The molecule has 0 aliphatic carbocycles. The van der Waals surface area contributed by atoms with Gasteiger partial charge in [-0.05, 0) is 23.6 Å². The first-order chi connectivity index (χ1) is 10.3. The molecule has 1 aliphatic rings. The highest BCUT2D eigenvalue weighted by atomic mass is 15.2. The number of hydrogen-bond donors (Lipinski definition) is 1. The number of benzene rings is 1. The highest BCUT2D eigenvalue weighted by Crippen LogP contribution is 2.20. The standard InChI is InChI=1S/C18H25N3/c1-3-14(2)18-13-21(11-10-20-18)12-15-8-9-19-17-7-5-4-6-16(15)17/h4-9,14,18,20H,3,10-13H2,1-2H3. The second-order valence-corrected chi connectivity index (χ2v) is 6.17. The van der Waals surface area contributed by atoms with Gasteiger partial charge in [-0.15, -0.1) is 0 Å². The van der Waals surface area contributed by atoms with Crippen LogP contribution in [0.3, 0.4) is 0 Å². The average Bonchev–Trinajstić information content (AvgIpc) is 2.55. The van der Waals surface area contributed by atoms with Crippen molar-refractivity contribution in [2.24, 2.45) is 5.92 Å². The molecule has 1 aromatic carbocycles. The molecule has 2 aromatic rings. The van der Waals surface area contributed by atoms with E-state index in [9.17, 15) is 0 Å². The van der Waals surface area contributed by atoms with E-state index < -0.39 is 0 Å². The Morgan fingerprint density at radius 3 is 3.05 bits per heavy atom. The normalized spacial score (nSPS) is 21.5. The summed E-state index contributed by atoms with van der Waals surface area (Å²) in [5, 5.41) is 4.96. The lowest BCUT2D eigenvalue weighted by Gasteiger charge is -2.36. The third-order valence-electron chi connectivity index (χ3n) is 4.75. The van der Waals surface area contributed by atoms with Crippen molar-refractivity contribution in [2.75, 3.05) is 19.6 Å². The van der Waals surface area contributed by atoms with E-state index in [0.717, 1.165) is 37.6 Å². The number of nitrogens with one attached hydrogen (secondary N) is 1. The minimum Gasteiger partial charge on any atom is -0.311 e. The van der Waals surface area contributed by atoms with Crippen LogP contribution in [-0.2, 0) is 6.54 Å². The maximum absolute atomic E-state index is 4.46. The summed E-state index contributed by atoms with van der Waals surface area (Å²) in [5.41, 5.74) is 2.49. The predicted molar refractivity (Wildman–Crippen MR) is 88.3 cm³/mol. The number of piperazine rings is 1. The number of fused-ring (bicyclic) bond motifs is 1. The molecule has 0 bridgehead atoms. The number of rotatable bonds is 4. The van der Waals surface area contributed by atoms with E-state index >= 15 is 0 Å². The molecule has 21 heavy (non-hydrogen) atoms. The monoisotopic (exact) mass is 283 g/mol. The first kappa shape index (κ1) is 14.5. The maximum atomic E-state index is 4.46. The Morgan fingerprint density at radius 2 is 2.19 bits per heavy atom. The highest BCUT2D eigenvalue weighted by Gasteiger charge is 2.23. The molecule has 2 unspecified atom stereocenters. The van der Waals surface area contributed by atoms with Crippen molar-refractivity contribution >= 4 is 10.9 Å². The third kappa shape index (κ3) is 3.25. The fraction of sp³-hybridized carbons (Fsp3) is 0.500. The van der Waals surface area contributed by atoms with Crippen LogP contribution in [0.2, 0.25) is 0 Å². The van der Waals surface area contributed by atoms with Gasteiger partial charge in [0.1, 0.15) is 0 Å². The van der Waals surface area contributed by atoms with E-state index in [4.69, 9.17) is 0 Å². The zero-order valence-electron chi connectivity index (χ0n) is 13.0. The van der Waals surface area contributed by atoms with Crippen LogP contribution in [0.5, 0.6) is 0 Å². The summed E-state index contributed by atoms with van der Waals surface area (Å²) in [6.45, 7) is 9.02. The van der Waals surface area contributed by atoms with Crippen LogP contribution in [0.1, 0.15) is 25.8 Å². The zero-order valence-corrected chi connectivity index (χ0v) is 13.0. The molecule has 1 saturated heterocycles. The lowest BCUT2D eigenvalue weighted by molar-refractivity contribution is 0.162. The SMILES string of the molecule is CCC(C)C1CN(Cc2ccnc3ccccc23)CCN1. The third-order valence-corrected chi connectivity index (χ3v) is 4.75. The summed E-state index contributed by atoms with van der Waals surface area (Å²) in [7, 11) is 0. The van der Waals surface area contributed by atoms with Gasteiger partial charge in [-0.25, -0.2) is 0 Å². The summed E-state index contributed by atoms with van der Waals surface area (Å²) in [6, 6.07) is 11.2. The smallest absolute Gasteiger partial charge is 0.0705 e. The Bertz CT molecular complexity index is 591. The molecule has 1 fully saturated rings. The Labute approximate surface area is 127 Å². The second kappa shape index (κ2) is 6.54. The molecular weight excluding hydrogens is 258 g/mol. The van der Waals surface area contributed by atoms with E-state index in [2.05, 4.69) is 59.4 Å². The Kier molecular flexibility index (Phi) is 4.51. The topological polar surface area (TPSA) is 28.2 Å². The van der Waals surface area contributed by atoms with Crippen molar-refractivity contribution in [3.05, 3.63) is 42.1 Å². The van der Waals surface area contributed by atoms with Crippen molar-refractivity contribution in [1.82, 2.24) is 15.2 Å². The van der Waals surface area contributed by atoms with E-state index in [1.54, 1.807) is 0 Å². The molecule has 1 aliphatic heterocycles.